The van der Waals surface area contributed by atoms with Crippen LogP contribution in [0.1, 0.15) is 5.56 Å². The number of aromatic nitrogens is 1. The standard InChI is InChI=1S/C10H6F4N2O/c11-7-2-5(8-4-16-17-9(8)15)1-6(3-7)10(12,13)14/h1-4H,15H2. The number of alkyl halides is 3. The molecule has 0 unspecified atom stereocenters. The minimum Gasteiger partial charge on any atom is -0.367 e. The molecule has 7 heteroatoms. The molecule has 2 N–H and O–H groups in total. The van der Waals surface area contributed by atoms with Crippen LogP contribution in [0.25, 0.3) is 11.1 Å². The molecule has 3 nitrogen and oxygen atoms in total. The molecule has 0 saturated carbocycles. The maximum absolute atomic E-state index is 13.1. The highest BCUT2D eigenvalue weighted by molar-refractivity contribution is 5.72. The Morgan fingerprint density at radius 2 is 1.88 bits per heavy atom. The third-order valence-electron chi connectivity index (χ3n) is 2.13. The van der Waals surface area contributed by atoms with Crippen molar-refractivity contribution in [3.63, 3.8) is 0 Å². The molecule has 0 saturated heterocycles. The average Bonchev–Trinajstić information content (AvgIpc) is 2.62. The Bertz CT molecular complexity index is 547. The molecule has 0 aliphatic heterocycles. The first-order valence-electron chi connectivity index (χ1n) is 4.46. The molecule has 0 radical (unpaired) electrons. The Hall–Kier alpha value is -2.05. The molecule has 0 amide bonds. The zero-order valence-electron chi connectivity index (χ0n) is 8.25. The Kier molecular flexibility index (Phi) is 2.53. The molecule has 0 fully saturated rings. The van der Waals surface area contributed by atoms with Crippen molar-refractivity contribution < 1.29 is 22.1 Å². The zero-order chi connectivity index (χ0) is 12.6. The van der Waals surface area contributed by atoms with Gasteiger partial charge in [-0.2, -0.15) is 13.2 Å². The number of nitrogens with two attached hydrogens (primary N) is 1. The predicted molar refractivity (Wildman–Crippen MR) is 51.3 cm³/mol. The van der Waals surface area contributed by atoms with E-state index in [2.05, 4.69) is 9.68 Å². The number of halogens is 4. The zero-order valence-corrected chi connectivity index (χ0v) is 8.25. The minimum absolute atomic E-state index is 0.0314. The Morgan fingerprint density at radius 3 is 2.41 bits per heavy atom. The summed E-state index contributed by atoms with van der Waals surface area (Å²) in [5.41, 5.74) is 4.35. The van der Waals surface area contributed by atoms with Crippen LogP contribution in [0.3, 0.4) is 0 Å². The van der Waals surface area contributed by atoms with E-state index in [1.165, 1.54) is 0 Å². The lowest BCUT2D eigenvalue weighted by molar-refractivity contribution is -0.137. The minimum atomic E-state index is -4.62. The quantitative estimate of drug-likeness (QED) is 0.786. The summed E-state index contributed by atoms with van der Waals surface area (Å²) in [4.78, 5) is 0. The van der Waals surface area contributed by atoms with E-state index in [1.54, 1.807) is 0 Å². The Balaban J connectivity index is 2.57. The van der Waals surface area contributed by atoms with Crippen molar-refractivity contribution in [1.29, 1.82) is 0 Å². The van der Waals surface area contributed by atoms with Crippen LogP contribution in [-0.2, 0) is 6.18 Å². The maximum Gasteiger partial charge on any atom is 0.416 e. The van der Waals surface area contributed by atoms with E-state index in [0.717, 1.165) is 18.3 Å². The summed E-state index contributed by atoms with van der Waals surface area (Å²) in [7, 11) is 0. The largest absolute Gasteiger partial charge is 0.416 e. The van der Waals surface area contributed by atoms with Crippen LogP contribution in [0, 0.1) is 5.82 Å². The van der Waals surface area contributed by atoms with Crippen molar-refractivity contribution in [1.82, 2.24) is 5.16 Å². The van der Waals surface area contributed by atoms with Gasteiger partial charge in [0.1, 0.15) is 5.82 Å². The number of hydrogen-bond donors (Lipinski definition) is 1. The van der Waals surface area contributed by atoms with Gasteiger partial charge in [0, 0.05) is 0 Å². The van der Waals surface area contributed by atoms with E-state index >= 15 is 0 Å². The summed E-state index contributed by atoms with van der Waals surface area (Å²) in [6, 6.07) is 2.12. The van der Waals surface area contributed by atoms with Gasteiger partial charge in [0.05, 0.1) is 17.3 Å². The molecule has 0 atom stereocenters. The van der Waals surface area contributed by atoms with Crippen LogP contribution in [0.4, 0.5) is 23.4 Å². The lowest BCUT2D eigenvalue weighted by Gasteiger charge is -2.08. The summed E-state index contributed by atoms with van der Waals surface area (Å²) in [6.45, 7) is 0. The number of anilines is 1. The van der Waals surface area contributed by atoms with Gasteiger partial charge in [-0.05, 0) is 23.8 Å². The molecule has 1 aromatic heterocycles. The number of nitrogen functional groups attached to an aromatic ring is 1. The second-order valence-corrected chi connectivity index (χ2v) is 3.33. The number of hydrogen-bond acceptors (Lipinski definition) is 3. The summed E-state index contributed by atoms with van der Waals surface area (Å²) < 4.78 is 55.0. The molecule has 90 valence electrons. The molecule has 2 rings (SSSR count). The fraction of sp³-hybridized carbons (Fsp3) is 0.100. The monoisotopic (exact) mass is 246 g/mol. The van der Waals surface area contributed by atoms with Crippen molar-refractivity contribution >= 4 is 5.88 Å². The van der Waals surface area contributed by atoms with Gasteiger partial charge in [0.2, 0.25) is 5.88 Å². The molecule has 0 aliphatic carbocycles. The highest BCUT2D eigenvalue weighted by Crippen LogP contribution is 2.34. The molecule has 1 heterocycles. The lowest BCUT2D eigenvalue weighted by atomic mass is 10.1. The summed E-state index contributed by atoms with van der Waals surface area (Å²) >= 11 is 0. The van der Waals surface area contributed by atoms with E-state index < -0.39 is 17.6 Å². The second-order valence-electron chi connectivity index (χ2n) is 3.33. The van der Waals surface area contributed by atoms with Gasteiger partial charge in [-0.15, -0.1) is 0 Å². The van der Waals surface area contributed by atoms with Crippen LogP contribution in [0.2, 0.25) is 0 Å². The van der Waals surface area contributed by atoms with Crippen LogP contribution < -0.4 is 5.73 Å². The third-order valence-corrected chi connectivity index (χ3v) is 2.13. The first-order valence-corrected chi connectivity index (χ1v) is 4.46. The third kappa shape index (κ3) is 2.22. The highest BCUT2D eigenvalue weighted by atomic mass is 19.4. The van der Waals surface area contributed by atoms with Crippen molar-refractivity contribution in [2.75, 3.05) is 5.73 Å². The van der Waals surface area contributed by atoms with Gasteiger partial charge in [-0.1, -0.05) is 5.16 Å². The number of rotatable bonds is 1. The Morgan fingerprint density at radius 1 is 1.18 bits per heavy atom. The molecule has 0 bridgehead atoms. The highest BCUT2D eigenvalue weighted by Gasteiger charge is 2.31. The van der Waals surface area contributed by atoms with E-state index in [1.807, 2.05) is 0 Å². The first-order chi connectivity index (χ1) is 7.88. The Labute approximate surface area is 92.8 Å². The second kappa shape index (κ2) is 3.76. The molecule has 0 spiro atoms. The van der Waals surface area contributed by atoms with E-state index in [4.69, 9.17) is 5.73 Å². The van der Waals surface area contributed by atoms with Gasteiger partial charge < -0.3 is 10.3 Å². The van der Waals surface area contributed by atoms with Crippen LogP contribution in [0.15, 0.2) is 28.9 Å². The van der Waals surface area contributed by atoms with E-state index in [-0.39, 0.29) is 17.0 Å². The first kappa shape index (κ1) is 11.4. The topological polar surface area (TPSA) is 52.0 Å². The van der Waals surface area contributed by atoms with Crippen LogP contribution >= 0.6 is 0 Å². The number of benzene rings is 1. The van der Waals surface area contributed by atoms with E-state index in [9.17, 15) is 17.6 Å². The summed E-state index contributed by atoms with van der Waals surface area (Å²) in [5.74, 6) is -1.17. The molecular formula is C10H6F4N2O. The average molecular weight is 246 g/mol. The van der Waals surface area contributed by atoms with Gasteiger partial charge in [-0.25, -0.2) is 4.39 Å². The molecular weight excluding hydrogens is 240 g/mol. The lowest BCUT2D eigenvalue weighted by Crippen LogP contribution is -2.05. The van der Waals surface area contributed by atoms with Gasteiger partial charge in [-0.3, -0.25) is 0 Å². The van der Waals surface area contributed by atoms with Crippen LogP contribution in [-0.4, -0.2) is 5.16 Å². The smallest absolute Gasteiger partial charge is 0.367 e. The number of nitrogens with zero attached hydrogens (tertiary/aromatic N) is 1. The predicted octanol–water partition coefficient (Wildman–Crippen LogP) is 3.08. The maximum atomic E-state index is 13.1. The SMILES string of the molecule is Nc1oncc1-c1cc(F)cc(C(F)(F)F)c1. The van der Waals surface area contributed by atoms with Gasteiger partial charge in [0.25, 0.3) is 0 Å². The summed E-state index contributed by atoms with van der Waals surface area (Å²) in [6.07, 6.45) is -3.49. The van der Waals surface area contributed by atoms with Gasteiger partial charge in [0.15, 0.2) is 0 Å². The molecule has 0 aliphatic rings. The van der Waals surface area contributed by atoms with Gasteiger partial charge >= 0.3 is 6.18 Å². The normalized spacial score (nSPS) is 11.8. The van der Waals surface area contributed by atoms with Crippen molar-refractivity contribution in [3.8, 4) is 11.1 Å². The summed E-state index contributed by atoms with van der Waals surface area (Å²) in [5, 5.41) is 3.32. The fourth-order valence-corrected chi connectivity index (χ4v) is 1.37. The van der Waals surface area contributed by atoms with Crippen molar-refractivity contribution in [3.05, 3.63) is 35.8 Å². The molecule has 17 heavy (non-hydrogen) atoms. The molecule has 1 aromatic carbocycles. The van der Waals surface area contributed by atoms with Crippen molar-refractivity contribution in [2.24, 2.45) is 0 Å². The fourth-order valence-electron chi connectivity index (χ4n) is 1.37. The van der Waals surface area contributed by atoms with Crippen molar-refractivity contribution in [2.45, 2.75) is 6.18 Å². The van der Waals surface area contributed by atoms with Crippen LogP contribution in [0.5, 0.6) is 0 Å². The molecule has 2 aromatic rings. The van der Waals surface area contributed by atoms with E-state index in [0.29, 0.717) is 6.07 Å².